The van der Waals surface area contributed by atoms with Gasteiger partial charge in [-0.25, -0.2) is 0 Å². The average molecular weight is 563 g/mol. The first kappa shape index (κ1) is 31.5. The summed E-state index contributed by atoms with van der Waals surface area (Å²) in [7, 11) is 0. The smallest absolute Gasteiger partial charge is 1.00 e. The van der Waals surface area contributed by atoms with Crippen LogP contribution in [0.5, 0.6) is 11.5 Å². The van der Waals surface area contributed by atoms with Crippen molar-refractivity contribution in [2.45, 2.75) is 52.4 Å². The van der Waals surface area contributed by atoms with E-state index < -0.39 is 0 Å². The van der Waals surface area contributed by atoms with E-state index in [1.807, 2.05) is 36.4 Å². The molecule has 0 heterocycles. The maximum absolute atomic E-state index is 9.94. The summed E-state index contributed by atoms with van der Waals surface area (Å²) in [6.07, 6.45) is 0. The van der Waals surface area contributed by atoms with Gasteiger partial charge < -0.3 is 35.0 Å². The molecule has 5 heteroatoms. The van der Waals surface area contributed by atoms with E-state index in [4.69, 9.17) is 0 Å². The first-order valence-electron chi connectivity index (χ1n) is 10.4. The van der Waals surface area contributed by atoms with Gasteiger partial charge in [-0.1, -0.05) is 102 Å². The molecular formula is C28H32Cl2O2Zr. The van der Waals surface area contributed by atoms with Crippen molar-refractivity contribution >= 4 is 21.5 Å². The first-order chi connectivity index (χ1) is 14.0. The molecule has 33 heavy (non-hydrogen) atoms. The van der Waals surface area contributed by atoms with Crippen molar-refractivity contribution in [2.24, 2.45) is 0 Å². The second-order valence-corrected chi connectivity index (χ2v) is 9.86. The molecule has 0 radical (unpaired) electrons. The monoisotopic (exact) mass is 560 g/mol. The van der Waals surface area contributed by atoms with E-state index in [9.17, 15) is 10.2 Å². The van der Waals surface area contributed by atoms with Gasteiger partial charge in [0.25, 0.3) is 0 Å². The topological polar surface area (TPSA) is 40.5 Å². The van der Waals surface area contributed by atoms with Crippen LogP contribution in [0.4, 0.5) is 0 Å². The number of halogens is 2. The predicted molar refractivity (Wildman–Crippen MR) is 129 cm³/mol. The normalized spacial score (nSPS) is 10.8. The average Bonchev–Trinajstić information content (AvgIpc) is 2.66. The van der Waals surface area contributed by atoms with Crippen LogP contribution in [0.2, 0.25) is 0 Å². The van der Waals surface area contributed by atoms with Gasteiger partial charge in [-0.15, -0.1) is 0 Å². The summed E-state index contributed by atoms with van der Waals surface area (Å²) in [6.45, 7) is 12.7. The van der Waals surface area contributed by atoms with Crippen LogP contribution in [0.15, 0.2) is 72.8 Å². The Bertz CT molecular complexity index is 1100. The van der Waals surface area contributed by atoms with Gasteiger partial charge in [0.05, 0.1) is 0 Å². The molecule has 2 N–H and O–H groups in total. The zero-order valence-electron chi connectivity index (χ0n) is 20.1. The Morgan fingerprint density at radius 1 is 0.485 bits per heavy atom. The van der Waals surface area contributed by atoms with Crippen molar-refractivity contribution in [2.75, 3.05) is 0 Å². The third-order valence-corrected chi connectivity index (χ3v) is 5.31. The minimum atomic E-state index is -0.0368. The van der Waals surface area contributed by atoms with Crippen LogP contribution in [0.1, 0.15) is 52.7 Å². The summed E-state index contributed by atoms with van der Waals surface area (Å²) in [5.41, 5.74) is 1.98. The van der Waals surface area contributed by atoms with E-state index in [-0.39, 0.29) is 61.8 Å². The van der Waals surface area contributed by atoms with E-state index in [2.05, 4.69) is 65.8 Å². The zero-order chi connectivity index (χ0) is 22.1. The molecule has 0 amide bonds. The zero-order valence-corrected chi connectivity index (χ0v) is 24.0. The number of phenols is 2. The van der Waals surface area contributed by atoms with E-state index in [0.717, 1.165) is 21.9 Å². The fourth-order valence-corrected chi connectivity index (χ4v) is 4.10. The molecule has 4 rings (SSSR count). The van der Waals surface area contributed by atoms with Crippen LogP contribution in [-0.4, -0.2) is 10.2 Å². The van der Waals surface area contributed by atoms with Crippen LogP contribution >= 0.6 is 0 Å². The van der Waals surface area contributed by atoms with Crippen LogP contribution < -0.4 is 24.8 Å². The van der Waals surface area contributed by atoms with Gasteiger partial charge in [0.1, 0.15) is 11.5 Å². The Balaban J connectivity index is 0.000000569. The van der Waals surface area contributed by atoms with Gasteiger partial charge in [0, 0.05) is 11.1 Å². The molecule has 4 aromatic carbocycles. The van der Waals surface area contributed by atoms with Crippen LogP contribution in [0.3, 0.4) is 0 Å². The Kier molecular flexibility index (Phi) is 11.7. The summed E-state index contributed by atoms with van der Waals surface area (Å²) in [5.74, 6) is 0.780. The second kappa shape index (κ2) is 12.2. The molecular weight excluding hydrogens is 530 g/mol. The van der Waals surface area contributed by atoms with E-state index in [0.29, 0.717) is 11.5 Å². The molecule has 0 aliphatic rings. The quantitative estimate of drug-likeness (QED) is 0.343. The van der Waals surface area contributed by atoms with Gasteiger partial charge in [-0.3, -0.25) is 0 Å². The van der Waals surface area contributed by atoms with E-state index in [1.54, 1.807) is 12.1 Å². The molecule has 0 fully saturated rings. The number of aromatic hydroxyl groups is 2. The van der Waals surface area contributed by atoms with E-state index >= 15 is 0 Å². The Morgan fingerprint density at radius 3 is 1.09 bits per heavy atom. The number of hydrogen-bond acceptors (Lipinski definition) is 2. The molecule has 0 aliphatic carbocycles. The van der Waals surface area contributed by atoms with Crippen molar-refractivity contribution in [3.63, 3.8) is 0 Å². The fourth-order valence-electron chi connectivity index (χ4n) is 4.10. The number of rotatable bonds is 0. The third-order valence-electron chi connectivity index (χ3n) is 5.31. The number of fused-ring (bicyclic) bond motifs is 2. The maximum atomic E-state index is 9.94. The first-order valence-corrected chi connectivity index (χ1v) is 10.4. The van der Waals surface area contributed by atoms with Gasteiger partial charge in [-0.2, -0.15) is 0 Å². The summed E-state index contributed by atoms with van der Waals surface area (Å²) >= 11 is 0. The summed E-state index contributed by atoms with van der Waals surface area (Å²) in [4.78, 5) is 0. The molecule has 0 aliphatic heterocycles. The Morgan fingerprint density at radius 2 is 0.788 bits per heavy atom. The fraction of sp³-hybridized carbons (Fsp3) is 0.286. The van der Waals surface area contributed by atoms with Crippen LogP contribution in [0.25, 0.3) is 21.5 Å². The third kappa shape index (κ3) is 7.22. The van der Waals surface area contributed by atoms with Crippen molar-refractivity contribution in [1.29, 1.82) is 0 Å². The summed E-state index contributed by atoms with van der Waals surface area (Å²) in [5, 5.41) is 24.5. The van der Waals surface area contributed by atoms with Gasteiger partial charge >= 0.3 is 26.2 Å². The molecule has 0 aromatic heterocycles. The predicted octanol–water partition coefficient (Wildman–Crippen LogP) is 1.69. The minimum absolute atomic E-state index is 0. The molecule has 2 nitrogen and oxygen atoms in total. The molecule has 0 unspecified atom stereocenters. The molecule has 4 aromatic rings. The van der Waals surface area contributed by atoms with Gasteiger partial charge in [-0.05, 0) is 44.5 Å². The number of phenolic OH excluding ortho intramolecular Hbond substituents is 2. The van der Waals surface area contributed by atoms with Crippen molar-refractivity contribution in [3.8, 4) is 11.5 Å². The molecule has 0 atom stereocenters. The van der Waals surface area contributed by atoms with Crippen LogP contribution in [0, 0.1) is 0 Å². The molecule has 0 saturated heterocycles. The summed E-state index contributed by atoms with van der Waals surface area (Å²) in [6, 6.07) is 23.8. The Labute approximate surface area is 229 Å². The molecule has 0 saturated carbocycles. The van der Waals surface area contributed by atoms with Crippen molar-refractivity contribution in [3.05, 3.63) is 83.9 Å². The Hall–Kier alpha value is -1.54. The van der Waals surface area contributed by atoms with Gasteiger partial charge in [0.15, 0.2) is 0 Å². The van der Waals surface area contributed by atoms with Crippen molar-refractivity contribution in [1.82, 2.24) is 0 Å². The van der Waals surface area contributed by atoms with Gasteiger partial charge in [0.2, 0.25) is 0 Å². The largest absolute Gasteiger partial charge is 2.00 e. The molecule has 174 valence electrons. The SMILES string of the molecule is CC(C)(C)c1c(O)ccc2ccccc12.CC(C)(C)c1c(O)ccc2ccccc12.[Cl-].[Cl-].[Zr+2]. The minimum Gasteiger partial charge on any atom is -1.00 e. The molecule has 0 bridgehead atoms. The number of benzene rings is 4. The summed E-state index contributed by atoms with van der Waals surface area (Å²) < 4.78 is 0. The standard InChI is InChI=1S/2C14H16O.2ClH.Zr/c2*1-14(2,3)13-11-7-5-4-6-10(11)8-9-12(13)15;;;/h2*4-9,15H,1-3H3;2*1H;/q;;;;+2/p-2. The van der Waals surface area contributed by atoms with Crippen LogP contribution in [-0.2, 0) is 37.0 Å². The maximum Gasteiger partial charge on any atom is 2.00 e. The second-order valence-electron chi connectivity index (χ2n) is 9.86. The number of hydrogen-bond donors (Lipinski definition) is 2. The van der Waals surface area contributed by atoms with Crippen molar-refractivity contribution < 1.29 is 61.2 Å². The van der Waals surface area contributed by atoms with E-state index in [1.165, 1.54) is 10.8 Å². The molecule has 0 spiro atoms.